The lowest BCUT2D eigenvalue weighted by molar-refractivity contribution is 0.128. The minimum atomic E-state index is 0.724. The Morgan fingerprint density at radius 2 is 1.94 bits per heavy atom. The van der Waals surface area contributed by atoms with Gasteiger partial charge in [-0.05, 0) is 59.0 Å². The van der Waals surface area contributed by atoms with Crippen molar-refractivity contribution in [3.63, 3.8) is 0 Å². The van der Waals surface area contributed by atoms with E-state index >= 15 is 0 Å². The van der Waals surface area contributed by atoms with Gasteiger partial charge in [-0.25, -0.2) is 0 Å². The lowest BCUT2D eigenvalue weighted by atomic mass is 9.97. The van der Waals surface area contributed by atoms with Gasteiger partial charge in [-0.3, -0.25) is 4.90 Å². The molecule has 1 saturated heterocycles. The van der Waals surface area contributed by atoms with Crippen LogP contribution in [0.3, 0.4) is 0 Å². The molecule has 1 N–H and O–H groups in total. The number of rotatable bonds is 8. The maximum absolute atomic E-state index is 3.69. The second-order valence-corrected chi connectivity index (χ2v) is 6.08. The third-order valence-corrected chi connectivity index (χ3v) is 4.53. The van der Waals surface area contributed by atoms with E-state index in [1.165, 1.54) is 58.0 Å². The zero-order chi connectivity index (χ0) is 13.4. The summed E-state index contributed by atoms with van der Waals surface area (Å²) in [5.41, 5.74) is 0. The van der Waals surface area contributed by atoms with E-state index in [2.05, 4.69) is 37.9 Å². The Bertz CT molecular complexity index is 199. The Labute approximate surface area is 115 Å². The Kier molecular flexibility index (Phi) is 7.92. The zero-order valence-corrected chi connectivity index (χ0v) is 13.0. The lowest BCUT2D eigenvalue weighted by Gasteiger charge is -2.37. The van der Waals surface area contributed by atoms with Gasteiger partial charge >= 0.3 is 0 Å². The first kappa shape index (κ1) is 16.0. The van der Waals surface area contributed by atoms with Crippen molar-refractivity contribution in [1.29, 1.82) is 0 Å². The first-order valence-corrected chi connectivity index (χ1v) is 8.18. The molecule has 1 aliphatic heterocycles. The molecule has 1 rings (SSSR count). The van der Waals surface area contributed by atoms with Crippen molar-refractivity contribution in [3.05, 3.63) is 0 Å². The number of hydrogen-bond acceptors (Lipinski definition) is 2. The molecule has 0 aliphatic carbocycles. The van der Waals surface area contributed by atoms with E-state index in [-0.39, 0.29) is 0 Å². The molecule has 18 heavy (non-hydrogen) atoms. The molecule has 0 spiro atoms. The molecule has 0 saturated carbocycles. The number of nitrogens with one attached hydrogen (secondary N) is 1. The maximum atomic E-state index is 3.69. The van der Waals surface area contributed by atoms with Crippen LogP contribution in [0.25, 0.3) is 0 Å². The largest absolute Gasteiger partial charge is 0.314 e. The van der Waals surface area contributed by atoms with Gasteiger partial charge in [0.1, 0.15) is 0 Å². The highest BCUT2D eigenvalue weighted by atomic mass is 15.2. The molecule has 1 aliphatic rings. The van der Waals surface area contributed by atoms with Crippen molar-refractivity contribution in [2.75, 3.05) is 13.1 Å². The topological polar surface area (TPSA) is 15.3 Å². The average molecular weight is 254 g/mol. The lowest BCUT2D eigenvalue weighted by Crippen LogP contribution is -2.45. The van der Waals surface area contributed by atoms with Gasteiger partial charge in [-0.15, -0.1) is 0 Å². The second-order valence-electron chi connectivity index (χ2n) is 6.08. The summed E-state index contributed by atoms with van der Waals surface area (Å²) in [4.78, 5) is 2.74. The third-order valence-electron chi connectivity index (χ3n) is 4.53. The quantitative estimate of drug-likeness (QED) is 0.708. The van der Waals surface area contributed by atoms with E-state index in [1.54, 1.807) is 0 Å². The standard InChI is InChI=1S/C16H34N2/c1-5-7-12-18(14(3)6-2)15(4)13-16-10-8-9-11-17-16/h14-17H,5-13H2,1-4H3. The van der Waals surface area contributed by atoms with Crippen LogP contribution < -0.4 is 5.32 Å². The van der Waals surface area contributed by atoms with E-state index in [4.69, 9.17) is 0 Å². The molecule has 108 valence electrons. The predicted octanol–water partition coefficient (Wildman–Crippen LogP) is 3.81. The Balaban J connectivity index is 2.43. The van der Waals surface area contributed by atoms with Crippen LogP contribution in [0.15, 0.2) is 0 Å². The van der Waals surface area contributed by atoms with Gasteiger partial charge in [0.15, 0.2) is 0 Å². The smallest absolute Gasteiger partial charge is 0.00845 e. The fourth-order valence-corrected chi connectivity index (χ4v) is 3.12. The summed E-state index contributed by atoms with van der Waals surface area (Å²) in [6.07, 6.45) is 9.42. The van der Waals surface area contributed by atoms with E-state index in [9.17, 15) is 0 Å². The van der Waals surface area contributed by atoms with Gasteiger partial charge < -0.3 is 5.32 Å². The molecule has 0 aromatic carbocycles. The minimum absolute atomic E-state index is 0.724. The van der Waals surface area contributed by atoms with Crippen molar-refractivity contribution in [3.8, 4) is 0 Å². The molecule has 2 heteroatoms. The van der Waals surface area contributed by atoms with E-state index < -0.39 is 0 Å². The molecule has 0 amide bonds. The molecule has 2 nitrogen and oxygen atoms in total. The minimum Gasteiger partial charge on any atom is -0.314 e. The van der Waals surface area contributed by atoms with Crippen LogP contribution in [-0.4, -0.2) is 36.1 Å². The average Bonchev–Trinajstić information content (AvgIpc) is 2.40. The molecular weight excluding hydrogens is 220 g/mol. The van der Waals surface area contributed by atoms with Crippen molar-refractivity contribution in [1.82, 2.24) is 10.2 Å². The molecule has 1 heterocycles. The number of nitrogens with zero attached hydrogens (tertiary/aromatic N) is 1. The van der Waals surface area contributed by atoms with Crippen LogP contribution >= 0.6 is 0 Å². The molecule has 0 aromatic heterocycles. The SMILES string of the molecule is CCCCN(C(C)CC)C(C)CC1CCCCN1. The third kappa shape index (κ3) is 5.27. The highest BCUT2D eigenvalue weighted by Gasteiger charge is 2.22. The van der Waals surface area contributed by atoms with Gasteiger partial charge in [0.25, 0.3) is 0 Å². The first-order chi connectivity index (χ1) is 8.69. The van der Waals surface area contributed by atoms with Crippen molar-refractivity contribution in [2.45, 2.75) is 90.8 Å². The van der Waals surface area contributed by atoms with Crippen LogP contribution in [0, 0.1) is 0 Å². The summed E-state index contributed by atoms with van der Waals surface area (Å²) in [7, 11) is 0. The van der Waals surface area contributed by atoms with E-state index in [1.807, 2.05) is 0 Å². The summed E-state index contributed by atoms with van der Waals surface area (Å²) in [5, 5.41) is 3.69. The molecule has 1 fully saturated rings. The monoisotopic (exact) mass is 254 g/mol. The highest BCUT2D eigenvalue weighted by molar-refractivity contribution is 4.80. The van der Waals surface area contributed by atoms with Crippen LogP contribution in [0.4, 0.5) is 0 Å². The summed E-state index contributed by atoms with van der Waals surface area (Å²) in [5.74, 6) is 0. The zero-order valence-electron chi connectivity index (χ0n) is 13.0. The van der Waals surface area contributed by atoms with Crippen LogP contribution in [0.1, 0.15) is 72.6 Å². The molecular formula is C16H34N2. The van der Waals surface area contributed by atoms with E-state index in [0.717, 1.165) is 18.1 Å². The summed E-state index contributed by atoms with van der Waals surface area (Å²) < 4.78 is 0. The Morgan fingerprint density at radius 3 is 2.50 bits per heavy atom. The van der Waals surface area contributed by atoms with Crippen LogP contribution in [0.2, 0.25) is 0 Å². The molecule has 0 bridgehead atoms. The summed E-state index contributed by atoms with van der Waals surface area (Å²) in [6.45, 7) is 11.9. The van der Waals surface area contributed by atoms with E-state index in [0.29, 0.717) is 0 Å². The van der Waals surface area contributed by atoms with Gasteiger partial charge in [-0.1, -0.05) is 26.7 Å². The number of piperidine rings is 1. The maximum Gasteiger partial charge on any atom is 0.00845 e. The predicted molar refractivity (Wildman–Crippen MR) is 81.1 cm³/mol. The Hall–Kier alpha value is -0.0800. The summed E-state index contributed by atoms with van der Waals surface area (Å²) in [6, 6.07) is 2.22. The van der Waals surface area contributed by atoms with Crippen molar-refractivity contribution < 1.29 is 0 Å². The van der Waals surface area contributed by atoms with Gasteiger partial charge in [-0.2, -0.15) is 0 Å². The van der Waals surface area contributed by atoms with Crippen LogP contribution in [-0.2, 0) is 0 Å². The number of unbranched alkanes of at least 4 members (excludes halogenated alkanes) is 1. The molecule has 0 radical (unpaired) electrons. The fourth-order valence-electron chi connectivity index (χ4n) is 3.12. The Morgan fingerprint density at radius 1 is 1.17 bits per heavy atom. The number of hydrogen-bond donors (Lipinski definition) is 1. The van der Waals surface area contributed by atoms with Gasteiger partial charge in [0.05, 0.1) is 0 Å². The normalized spacial score (nSPS) is 24.2. The fraction of sp³-hybridized carbons (Fsp3) is 1.00. The highest BCUT2D eigenvalue weighted by Crippen LogP contribution is 2.18. The van der Waals surface area contributed by atoms with Gasteiger partial charge in [0.2, 0.25) is 0 Å². The molecule has 0 aromatic rings. The molecule has 3 atom stereocenters. The second kappa shape index (κ2) is 8.92. The first-order valence-electron chi connectivity index (χ1n) is 8.18. The van der Waals surface area contributed by atoms with Crippen molar-refractivity contribution >= 4 is 0 Å². The summed E-state index contributed by atoms with van der Waals surface area (Å²) >= 11 is 0. The van der Waals surface area contributed by atoms with Crippen molar-refractivity contribution in [2.24, 2.45) is 0 Å². The molecule has 3 unspecified atom stereocenters. The van der Waals surface area contributed by atoms with Crippen LogP contribution in [0.5, 0.6) is 0 Å². The van der Waals surface area contributed by atoms with Gasteiger partial charge in [0, 0.05) is 18.1 Å².